The molecular formula is C12H16O6. The van der Waals surface area contributed by atoms with Gasteiger partial charge in [0.1, 0.15) is 12.2 Å². The van der Waals surface area contributed by atoms with Gasteiger partial charge in [-0.3, -0.25) is 4.79 Å². The van der Waals surface area contributed by atoms with Crippen molar-refractivity contribution in [1.82, 2.24) is 0 Å². The minimum absolute atomic E-state index is 0.0284. The van der Waals surface area contributed by atoms with E-state index in [4.69, 9.17) is 5.11 Å². The van der Waals surface area contributed by atoms with Gasteiger partial charge in [0.2, 0.25) is 5.78 Å². The smallest absolute Gasteiger partial charge is 0.258 e. The molecule has 1 rings (SSSR count). The van der Waals surface area contributed by atoms with Crippen LogP contribution in [0.1, 0.15) is 17.3 Å². The standard InChI is InChI=1S/C12H16O6/c1-7(13)9(14)11(16)12(17,18)10(15)8-5-3-2-4-6-8/h2-7,9,11,13-14,16-18H,1H3/t7-,9-,11+/m0/s1. The molecule has 1 aromatic carbocycles. The monoisotopic (exact) mass is 256 g/mol. The minimum Gasteiger partial charge on any atom is -0.391 e. The summed E-state index contributed by atoms with van der Waals surface area (Å²) in [5.74, 6) is -4.33. The van der Waals surface area contributed by atoms with Gasteiger partial charge in [-0.05, 0) is 6.92 Å². The largest absolute Gasteiger partial charge is 0.391 e. The summed E-state index contributed by atoms with van der Waals surface area (Å²) < 4.78 is 0. The Morgan fingerprint density at radius 1 is 1.11 bits per heavy atom. The molecular weight excluding hydrogens is 240 g/mol. The van der Waals surface area contributed by atoms with Crippen molar-refractivity contribution in [3.8, 4) is 0 Å². The summed E-state index contributed by atoms with van der Waals surface area (Å²) in [5, 5.41) is 47.2. The van der Waals surface area contributed by atoms with Gasteiger partial charge in [0, 0.05) is 5.56 Å². The molecule has 0 amide bonds. The van der Waals surface area contributed by atoms with Crippen LogP contribution in [-0.2, 0) is 0 Å². The molecule has 0 spiro atoms. The first-order valence-electron chi connectivity index (χ1n) is 5.37. The first-order chi connectivity index (χ1) is 8.28. The van der Waals surface area contributed by atoms with Gasteiger partial charge < -0.3 is 25.5 Å². The van der Waals surface area contributed by atoms with Crippen molar-refractivity contribution in [2.75, 3.05) is 0 Å². The molecule has 0 aromatic heterocycles. The third-order valence-corrected chi connectivity index (χ3v) is 2.60. The van der Waals surface area contributed by atoms with Gasteiger partial charge in [-0.25, -0.2) is 0 Å². The van der Waals surface area contributed by atoms with E-state index in [2.05, 4.69) is 0 Å². The van der Waals surface area contributed by atoms with E-state index in [1.807, 2.05) is 0 Å². The van der Waals surface area contributed by atoms with Crippen LogP contribution in [0, 0.1) is 0 Å². The molecule has 100 valence electrons. The predicted molar refractivity (Wildman–Crippen MR) is 61.6 cm³/mol. The highest BCUT2D eigenvalue weighted by atomic mass is 16.5. The number of aliphatic hydroxyl groups is 5. The van der Waals surface area contributed by atoms with E-state index in [0.29, 0.717) is 0 Å². The molecule has 18 heavy (non-hydrogen) atoms. The van der Waals surface area contributed by atoms with E-state index >= 15 is 0 Å². The Morgan fingerprint density at radius 2 is 1.61 bits per heavy atom. The molecule has 0 aliphatic rings. The van der Waals surface area contributed by atoms with Crippen LogP contribution in [0.5, 0.6) is 0 Å². The number of hydrogen-bond donors (Lipinski definition) is 5. The molecule has 0 unspecified atom stereocenters. The fraction of sp³-hybridized carbons (Fsp3) is 0.417. The van der Waals surface area contributed by atoms with Crippen LogP contribution in [0.25, 0.3) is 0 Å². The fourth-order valence-corrected chi connectivity index (χ4v) is 1.44. The van der Waals surface area contributed by atoms with Gasteiger partial charge in [0.25, 0.3) is 5.79 Å². The van der Waals surface area contributed by atoms with Gasteiger partial charge in [0.05, 0.1) is 6.10 Å². The maximum atomic E-state index is 11.8. The molecule has 3 atom stereocenters. The van der Waals surface area contributed by atoms with E-state index in [1.54, 1.807) is 6.07 Å². The molecule has 6 heteroatoms. The Morgan fingerprint density at radius 3 is 2.06 bits per heavy atom. The number of ketones is 1. The summed E-state index contributed by atoms with van der Waals surface area (Å²) in [6.45, 7) is 1.15. The van der Waals surface area contributed by atoms with E-state index in [-0.39, 0.29) is 5.56 Å². The van der Waals surface area contributed by atoms with Crippen molar-refractivity contribution >= 4 is 5.78 Å². The second-order valence-corrected chi connectivity index (χ2v) is 4.10. The Bertz CT molecular complexity index is 400. The van der Waals surface area contributed by atoms with Crippen molar-refractivity contribution in [3.63, 3.8) is 0 Å². The maximum absolute atomic E-state index is 11.8. The molecule has 0 aliphatic heterocycles. The topological polar surface area (TPSA) is 118 Å². The zero-order chi connectivity index (χ0) is 13.9. The highest BCUT2D eigenvalue weighted by molar-refractivity contribution is 6.01. The average molecular weight is 256 g/mol. The van der Waals surface area contributed by atoms with Crippen LogP contribution in [0.15, 0.2) is 30.3 Å². The number of rotatable bonds is 5. The summed E-state index contributed by atoms with van der Waals surface area (Å²) in [6, 6.07) is 7.34. The van der Waals surface area contributed by atoms with Crippen molar-refractivity contribution in [2.45, 2.75) is 31.0 Å². The summed E-state index contributed by atoms with van der Waals surface area (Å²) in [4.78, 5) is 11.8. The molecule has 0 heterocycles. The van der Waals surface area contributed by atoms with Gasteiger partial charge in [0.15, 0.2) is 0 Å². The van der Waals surface area contributed by atoms with Crippen molar-refractivity contribution < 1.29 is 30.3 Å². The number of benzene rings is 1. The Labute approximate surface area is 104 Å². The second kappa shape index (κ2) is 5.55. The SMILES string of the molecule is C[C@H](O)[C@H](O)[C@@H](O)C(O)(O)C(=O)c1ccccc1. The quantitative estimate of drug-likeness (QED) is 0.328. The molecule has 0 fully saturated rings. The van der Waals surface area contributed by atoms with E-state index < -0.39 is 29.9 Å². The number of carbonyl (C=O) groups excluding carboxylic acids is 1. The third-order valence-electron chi connectivity index (χ3n) is 2.60. The highest BCUT2D eigenvalue weighted by Gasteiger charge is 2.46. The normalized spacial score (nSPS) is 17.0. The maximum Gasteiger partial charge on any atom is 0.258 e. The molecule has 0 radical (unpaired) electrons. The lowest BCUT2D eigenvalue weighted by atomic mass is 9.93. The minimum atomic E-state index is -3.17. The van der Waals surface area contributed by atoms with Gasteiger partial charge in [-0.15, -0.1) is 0 Å². The Balaban J connectivity index is 2.96. The summed E-state index contributed by atoms with van der Waals surface area (Å²) in [5.41, 5.74) is -0.0284. The van der Waals surface area contributed by atoms with Gasteiger partial charge in [-0.2, -0.15) is 0 Å². The van der Waals surface area contributed by atoms with Gasteiger partial charge >= 0.3 is 0 Å². The van der Waals surface area contributed by atoms with Crippen LogP contribution in [0.3, 0.4) is 0 Å². The van der Waals surface area contributed by atoms with Crippen LogP contribution in [0.4, 0.5) is 0 Å². The average Bonchev–Trinajstić information content (AvgIpc) is 2.36. The molecule has 0 saturated heterocycles. The predicted octanol–water partition coefficient (Wildman–Crippen LogP) is -1.35. The summed E-state index contributed by atoms with van der Waals surface area (Å²) in [7, 11) is 0. The first kappa shape index (κ1) is 14.7. The van der Waals surface area contributed by atoms with Crippen molar-refractivity contribution in [1.29, 1.82) is 0 Å². The Hall–Kier alpha value is -1.31. The first-order valence-corrected chi connectivity index (χ1v) is 5.37. The zero-order valence-electron chi connectivity index (χ0n) is 9.76. The van der Waals surface area contributed by atoms with Crippen LogP contribution >= 0.6 is 0 Å². The number of hydrogen-bond acceptors (Lipinski definition) is 6. The van der Waals surface area contributed by atoms with E-state index in [0.717, 1.165) is 6.92 Å². The van der Waals surface area contributed by atoms with Crippen LogP contribution in [0.2, 0.25) is 0 Å². The van der Waals surface area contributed by atoms with Crippen molar-refractivity contribution in [2.24, 2.45) is 0 Å². The van der Waals surface area contributed by atoms with Crippen molar-refractivity contribution in [3.05, 3.63) is 35.9 Å². The van der Waals surface area contributed by atoms with Crippen LogP contribution < -0.4 is 0 Å². The molecule has 0 bridgehead atoms. The van der Waals surface area contributed by atoms with Gasteiger partial charge in [-0.1, -0.05) is 30.3 Å². The third kappa shape index (κ3) is 2.92. The summed E-state index contributed by atoms with van der Waals surface area (Å²) in [6.07, 6.45) is -5.49. The second-order valence-electron chi connectivity index (χ2n) is 4.10. The Kier molecular flexibility index (Phi) is 4.55. The molecule has 0 saturated carbocycles. The number of aliphatic hydroxyl groups excluding tert-OH is 3. The molecule has 5 N–H and O–H groups in total. The zero-order valence-corrected chi connectivity index (χ0v) is 9.76. The van der Waals surface area contributed by atoms with Crippen LogP contribution in [-0.4, -0.2) is 55.4 Å². The van der Waals surface area contributed by atoms with E-state index in [9.17, 15) is 25.2 Å². The number of carbonyl (C=O) groups is 1. The fourth-order valence-electron chi connectivity index (χ4n) is 1.44. The lowest BCUT2D eigenvalue weighted by Gasteiger charge is -2.30. The lowest BCUT2D eigenvalue weighted by molar-refractivity contribution is -0.223. The molecule has 1 aromatic rings. The lowest BCUT2D eigenvalue weighted by Crippen LogP contribution is -2.57. The highest BCUT2D eigenvalue weighted by Crippen LogP contribution is 2.19. The summed E-state index contributed by atoms with van der Waals surface area (Å²) >= 11 is 0. The molecule has 6 nitrogen and oxygen atoms in total. The molecule has 0 aliphatic carbocycles. The number of Topliss-reactive ketones (excluding diaryl/α,β-unsaturated/α-hetero) is 1. The van der Waals surface area contributed by atoms with E-state index in [1.165, 1.54) is 24.3 Å².